The molecule has 5 heteroatoms. The number of hydrogen-bond donors (Lipinski definition) is 1. The van der Waals surface area contributed by atoms with Crippen molar-refractivity contribution < 1.29 is 24.2 Å². The summed E-state index contributed by atoms with van der Waals surface area (Å²) in [5.41, 5.74) is 0. The van der Waals surface area contributed by atoms with Gasteiger partial charge in [-0.2, -0.15) is 0 Å². The molecule has 0 amide bonds. The van der Waals surface area contributed by atoms with Crippen molar-refractivity contribution in [2.24, 2.45) is 11.8 Å². The molecular formula is C22H40O5. The van der Waals surface area contributed by atoms with Crippen LogP contribution in [0.2, 0.25) is 0 Å². The number of hydrogen-bond acceptors (Lipinski definition) is 4. The second-order valence-electron chi connectivity index (χ2n) is 7.89. The molecule has 0 saturated carbocycles. The SMILES string of the molecule is CCCCCCCC(C)CCCCCCC(C)C(=O)OC(=O)CCC(=O)O. The Kier molecular flexibility index (Phi) is 15.9. The van der Waals surface area contributed by atoms with E-state index in [9.17, 15) is 14.4 Å². The predicted octanol–water partition coefficient (Wildman–Crippen LogP) is 5.89. The first-order chi connectivity index (χ1) is 12.9. The minimum absolute atomic E-state index is 0.259. The molecule has 0 spiro atoms. The lowest BCUT2D eigenvalue weighted by atomic mass is 9.95. The summed E-state index contributed by atoms with van der Waals surface area (Å²) in [6.07, 6.45) is 14.0. The van der Waals surface area contributed by atoms with E-state index in [0.717, 1.165) is 18.8 Å². The highest BCUT2D eigenvalue weighted by Gasteiger charge is 2.18. The molecule has 0 aliphatic rings. The second kappa shape index (κ2) is 16.8. The van der Waals surface area contributed by atoms with Crippen LogP contribution in [0.4, 0.5) is 0 Å². The molecule has 0 aromatic carbocycles. The summed E-state index contributed by atoms with van der Waals surface area (Å²) >= 11 is 0. The van der Waals surface area contributed by atoms with E-state index in [-0.39, 0.29) is 18.8 Å². The summed E-state index contributed by atoms with van der Waals surface area (Å²) in [6.45, 7) is 6.35. The standard InChI is InChI=1S/C22H40O5/c1-4-5-6-7-10-13-18(2)14-11-8-9-12-15-19(3)22(26)27-21(25)17-16-20(23)24/h18-19H,4-17H2,1-3H3,(H,23,24). The average molecular weight is 385 g/mol. The molecule has 0 aliphatic carbocycles. The third-order valence-corrected chi connectivity index (χ3v) is 5.04. The van der Waals surface area contributed by atoms with Crippen LogP contribution in [0.25, 0.3) is 0 Å². The summed E-state index contributed by atoms with van der Waals surface area (Å²) in [5.74, 6) is -1.88. The molecule has 0 bridgehead atoms. The Morgan fingerprint density at radius 2 is 1.30 bits per heavy atom. The fourth-order valence-corrected chi connectivity index (χ4v) is 3.13. The predicted molar refractivity (Wildman–Crippen MR) is 107 cm³/mol. The molecule has 0 saturated heterocycles. The van der Waals surface area contributed by atoms with Gasteiger partial charge < -0.3 is 9.84 Å². The van der Waals surface area contributed by atoms with Gasteiger partial charge in [0.05, 0.1) is 18.8 Å². The van der Waals surface area contributed by atoms with Gasteiger partial charge in [-0.25, -0.2) is 0 Å². The number of carbonyl (C=O) groups is 3. The van der Waals surface area contributed by atoms with E-state index in [0.29, 0.717) is 6.42 Å². The number of ether oxygens (including phenoxy) is 1. The van der Waals surface area contributed by atoms with Crippen LogP contribution >= 0.6 is 0 Å². The number of aliphatic carboxylic acids is 1. The van der Waals surface area contributed by atoms with Gasteiger partial charge in [0.25, 0.3) is 0 Å². The normalized spacial score (nSPS) is 13.1. The zero-order valence-electron chi connectivity index (χ0n) is 17.6. The Balaban J connectivity index is 3.61. The van der Waals surface area contributed by atoms with Gasteiger partial charge in [0.2, 0.25) is 0 Å². The van der Waals surface area contributed by atoms with Gasteiger partial charge in [0, 0.05) is 0 Å². The zero-order valence-corrected chi connectivity index (χ0v) is 17.6. The molecule has 0 fully saturated rings. The van der Waals surface area contributed by atoms with E-state index in [1.165, 1.54) is 57.8 Å². The van der Waals surface area contributed by atoms with Gasteiger partial charge in [-0.1, -0.05) is 91.4 Å². The van der Waals surface area contributed by atoms with Crippen molar-refractivity contribution in [1.29, 1.82) is 0 Å². The van der Waals surface area contributed by atoms with Crippen LogP contribution < -0.4 is 0 Å². The highest BCUT2D eigenvalue weighted by molar-refractivity contribution is 5.87. The van der Waals surface area contributed by atoms with Crippen molar-refractivity contribution in [1.82, 2.24) is 0 Å². The van der Waals surface area contributed by atoms with Crippen molar-refractivity contribution in [2.45, 2.75) is 111 Å². The van der Waals surface area contributed by atoms with Crippen LogP contribution in [0.3, 0.4) is 0 Å². The first-order valence-electron chi connectivity index (χ1n) is 10.8. The number of carboxylic acid groups (broad SMARTS) is 1. The maximum atomic E-state index is 11.8. The highest BCUT2D eigenvalue weighted by Crippen LogP contribution is 2.19. The molecule has 2 unspecified atom stereocenters. The summed E-state index contributed by atoms with van der Waals surface area (Å²) in [6, 6.07) is 0. The molecular weight excluding hydrogens is 344 g/mol. The van der Waals surface area contributed by atoms with Gasteiger partial charge in [-0.05, 0) is 12.3 Å². The van der Waals surface area contributed by atoms with Crippen LogP contribution in [-0.4, -0.2) is 23.0 Å². The molecule has 0 aromatic heterocycles. The number of rotatable bonds is 17. The molecule has 0 heterocycles. The molecule has 0 aromatic rings. The van der Waals surface area contributed by atoms with Crippen molar-refractivity contribution in [3.63, 3.8) is 0 Å². The van der Waals surface area contributed by atoms with Gasteiger partial charge in [0.1, 0.15) is 0 Å². The number of unbranched alkanes of at least 4 members (excludes halogenated alkanes) is 7. The van der Waals surface area contributed by atoms with Gasteiger partial charge in [0.15, 0.2) is 0 Å². The maximum absolute atomic E-state index is 11.8. The summed E-state index contributed by atoms with van der Waals surface area (Å²) < 4.78 is 4.69. The maximum Gasteiger partial charge on any atom is 0.316 e. The Labute approximate surface area is 165 Å². The first-order valence-corrected chi connectivity index (χ1v) is 10.8. The topological polar surface area (TPSA) is 80.7 Å². The monoisotopic (exact) mass is 384 g/mol. The number of carbonyl (C=O) groups excluding carboxylic acids is 2. The van der Waals surface area contributed by atoms with E-state index in [1.54, 1.807) is 6.92 Å². The van der Waals surface area contributed by atoms with Crippen LogP contribution in [0.5, 0.6) is 0 Å². The molecule has 0 aliphatic heterocycles. The van der Waals surface area contributed by atoms with Gasteiger partial charge in [-0.3, -0.25) is 14.4 Å². The molecule has 5 nitrogen and oxygen atoms in total. The van der Waals surface area contributed by atoms with E-state index < -0.39 is 17.9 Å². The van der Waals surface area contributed by atoms with Crippen molar-refractivity contribution >= 4 is 17.9 Å². The lowest BCUT2D eigenvalue weighted by Crippen LogP contribution is -2.19. The van der Waals surface area contributed by atoms with Crippen molar-refractivity contribution in [2.75, 3.05) is 0 Å². The van der Waals surface area contributed by atoms with Crippen LogP contribution in [-0.2, 0) is 19.1 Å². The zero-order chi connectivity index (χ0) is 20.5. The molecule has 1 N–H and O–H groups in total. The average Bonchev–Trinajstić information content (AvgIpc) is 2.62. The minimum Gasteiger partial charge on any atom is -0.481 e. The third-order valence-electron chi connectivity index (χ3n) is 5.04. The lowest BCUT2D eigenvalue weighted by molar-refractivity contribution is -0.163. The molecule has 158 valence electrons. The minimum atomic E-state index is -1.07. The van der Waals surface area contributed by atoms with E-state index in [2.05, 4.69) is 13.8 Å². The van der Waals surface area contributed by atoms with Gasteiger partial charge in [-0.15, -0.1) is 0 Å². The summed E-state index contributed by atoms with van der Waals surface area (Å²) in [5, 5.41) is 8.51. The fourth-order valence-electron chi connectivity index (χ4n) is 3.13. The highest BCUT2D eigenvalue weighted by atomic mass is 16.6. The Morgan fingerprint density at radius 3 is 1.81 bits per heavy atom. The fraction of sp³-hybridized carbons (Fsp3) is 0.864. The largest absolute Gasteiger partial charge is 0.481 e. The summed E-state index contributed by atoms with van der Waals surface area (Å²) in [7, 11) is 0. The van der Waals surface area contributed by atoms with Crippen molar-refractivity contribution in [3.8, 4) is 0 Å². The number of esters is 2. The smallest absolute Gasteiger partial charge is 0.316 e. The Hall–Kier alpha value is -1.39. The third kappa shape index (κ3) is 16.5. The molecule has 2 atom stereocenters. The molecule has 0 radical (unpaired) electrons. The van der Waals surface area contributed by atoms with E-state index >= 15 is 0 Å². The Bertz CT molecular complexity index is 419. The van der Waals surface area contributed by atoms with E-state index in [4.69, 9.17) is 9.84 Å². The van der Waals surface area contributed by atoms with Gasteiger partial charge >= 0.3 is 17.9 Å². The number of carboxylic acids is 1. The van der Waals surface area contributed by atoms with E-state index in [1.807, 2.05) is 0 Å². The lowest BCUT2D eigenvalue weighted by Gasteiger charge is -2.12. The first kappa shape index (κ1) is 25.6. The Morgan fingerprint density at radius 1 is 0.778 bits per heavy atom. The second-order valence-corrected chi connectivity index (χ2v) is 7.89. The summed E-state index contributed by atoms with van der Waals surface area (Å²) in [4.78, 5) is 33.5. The van der Waals surface area contributed by atoms with Crippen LogP contribution in [0.15, 0.2) is 0 Å². The van der Waals surface area contributed by atoms with Crippen LogP contribution in [0, 0.1) is 11.8 Å². The van der Waals surface area contributed by atoms with Crippen LogP contribution in [0.1, 0.15) is 111 Å². The molecule has 0 rings (SSSR count). The van der Waals surface area contributed by atoms with Crippen molar-refractivity contribution in [3.05, 3.63) is 0 Å². The molecule has 27 heavy (non-hydrogen) atoms. The quantitative estimate of drug-likeness (QED) is 0.192.